The number of sulfonamides is 1. The monoisotopic (exact) mass is 338 g/mol. The fourth-order valence-corrected chi connectivity index (χ4v) is 4.28. The van der Waals surface area contributed by atoms with Crippen molar-refractivity contribution in [1.82, 2.24) is 4.72 Å². The Morgan fingerprint density at radius 2 is 2.22 bits per heavy atom. The molecule has 6 nitrogen and oxygen atoms in total. The number of carbonyl (C=O) groups excluding carboxylic acids is 1. The predicted octanol–water partition coefficient (Wildman–Crippen LogP) is 1.44. The van der Waals surface area contributed by atoms with Crippen LogP contribution in [0.3, 0.4) is 0 Å². The van der Waals surface area contributed by atoms with E-state index in [4.69, 9.17) is 4.74 Å². The Kier molecular flexibility index (Phi) is 4.70. The number of aryl methyl sites for hydroxylation is 1. The summed E-state index contributed by atoms with van der Waals surface area (Å²) in [5, 5.41) is 0. The standard InChI is InChI=1S/C16H22N2O4S/c1-12(19)18-8-2-4-13-10-15(6-7-16(13)18)23(20,21)17-11-14-5-3-9-22-14/h6-7,10,14,17H,2-5,8-9,11H2,1H3/t14-/m1/s1. The predicted molar refractivity (Wildman–Crippen MR) is 87.0 cm³/mol. The van der Waals surface area contributed by atoms with Gasteiger partial charge in [-0.05, 0) is 49.4 Å². The first-order chi connectivity index (χ1) is 11.0. The molecular formula is C16H22N2O4S. The van der Waals surface area contributed by atoms with Crippen LogP contribution in [-0.4, -0.2) is 40.1 Å². The third-order valence-electron chi connectivity index (χ3n) is 4.39. The number of nitrogens with zero attached hydrogens (tertiary/aromatic N) is 1. The van der Waals surface area contributed by atoms with Gasteiger partial charge in [0.25, 0.3) is 0 Å². The van der Waals surface area contributed by atoms with E-state index in [1.54, 1.807) is 23.1 Å². The van der Waals surface area contributed by atoms with Gasteiger partial charge >= 0.3 is 0 Å². The van der Waals surface area contributed by atoms with Crippen molar-refractivity contribution in [2.24, 2.45) is 0 Å². The van der Waals surface area contributed by atoms with Crippen LogP contribution in [-0.2, 0) is 26.0 Å². The molecule has 0 saturated carbocycles. The molecule has 1 N–H and O–H groups in total. The minimum atomic E-state index is -3.55. The van der Waals surface area contributed by atoms with Crippen LogP contribution < -0.4 is 9.62 Å². The van der Waals surface area contributed by atoms with Crippen LogP contribution in [0.1, 0.15) is 31.7 Å². The quantitative estimate of drug-likeness (QED) is 0.901. The second-order valence-corrected chi connectivity index (χ2v) is 7.82. The van der Waals surface area contributed by atoms with Crippen molar-refractivity contribution in [1.29, 1.82) is 0 Å². The zero-order chi connectivity index (χ0) is 16.4. The maximum absolute atomic E-state index is 12.4. The molecule has 0 spiro atoms. The molecule has 1 saturated heterocycles. The molecule has 23 heavy (non-hydrogen) atoms. The summed E-state index contributed by atoms with van der Waals surface area (Å²) in [6, 6.07) is 4.98. The summed E-state index contributed by atoms with van der Waals surface area (Å²) in [5.74, 6) is -0.0157. The van der Waals surface area contributed by atoms with Crippen molar-refractivity contribution in [2.45, 2.75) is 43.6 Å². The summed E-state index contributed by atoms with van der Waals surface area (Å²) >= 11 is 0. The van der Waals surface area contributed by atoms with E-state index >= 15 is 0 Å². The number of hydrogen-bond donors (Lipinski definition) is 1. The molecule has 0 bridgehead atoms. The Hall–Kier alpha value is -1.44. The Balaban J connectivity index is 1.78. The maximum atomic E-state index is 12.4. The second-order valence-electron chi connectivity index (χ2n) is 6.05. The van der Waals surface area contributed by atoms with Crippen LogP contribution in [0.15, 0.2) is 23.1 Å². The van der Waals surface area contributed by atoms with Crippen molar-refractivity contribution in [3.05, 3.63) is 23.8 Å². The highest BCUT2D eigenvalue weighted by Crippen LogP contribution is 2.29. The average molecular weight is 338 g/mol. The van der Waals surface area contributed by atoms with Crippen LogP contribution in [0.5, 0.6) is 0 Å². The maximum Gasteiger partial charge on any atom is 0.240 e. The number of ether oxygens (including phenoxy) is 1. The first-order valence-electron chi connectivity index (χ1n) is 8.00. The van der Waals surface area contributed by atoms with Crippen molar-refractivity contribution in [3.8, 4) is 0 Å². The van der Waals surface area contributed by atoms with Gasteiger partial charge in [0.1, 0.15) is 0 Å². The topological polar surface area (TPSA) is 75.7 Å². The van der Waals surface area contributed by atoms with Crippen LogP contribution >= 0.6 is 0 Å². The molecule has 0 radical (unpaired) electrons. The zero-order valence-electron chi connectivity index (χ0n) is 13.2. The van der Waals surface area contributed by atoms with Gasteiger partial charge in [0.2, 0.25) is 15.9 Å². The minimum absolute atomic E-state index is 0.0157. The van der Waals surface area contributed by atoms with E-state index in [2.05, 4.69) is 4.72 Å². The van der Waals surface area contributed by atoms with Crippen LogP contribution in [0.4, 0.5) is 5.69 Å². The largest absolute Gasteiger partial charge is 0.377 e. The smallest absolute Gasteiger partial charge is 0.240 e. The SMILES string of the molecule is CC(=O)N1CCCc2cc(S(=O)(=O)NC[C@H]3CCCO3)ccc21. The van der Waals surface area contributed by atoms with E-state index in [-0.39, 0.29) is 16.9 Å². The lowest BCUT2D eigenvalue weighted by atomic mass is 10.0. The van der Waals surface area contributed by atoms with Crippen LogP contribution in [0.2, 0.25) is 0 Å². The summed E-state index contributed by atoms with van der Waals surface area (Å²) in [5.41, 5.74) is 1.73. The van der Waals surface area contributed by atoms with Gasteiger partial charge in [-0.2, -0.15) is 0 Å². The lowest BCUT2D eigenvalue weighted by molar-refractivity contribution is -0.116. The Morgan fingerprint density at radius 1 is 1.39 bits per heavy atom. The molecule has 3 rings (SSSR count). The molecule has 7 heteroatoms. The van der Waals surface area contributed by atoms with Gasteiger partial charge in [-0.1, -0.05) is 0 Å². The van der Waals surface area contributed by atoms with E-state index in [1.165, 1.54) is 6.92 Å². The van der Waals surface area contributed by atoms with E-state index in [0.29, 0.717) is 19.7 Å². The van der Waals surface area contributed by atoms with Gasteiger partial charge in [0.15, 0.2) is 0 Å². The molecule has 1 atom stereocenters. The minimum Gasteiger partial charge on any atom is -0.377 e. The van der Waals surface area contributed by atoms with Crippen molar-refractivity contribution < 1.29 is 17.9 Å². The molecule has 2 heterocycles. The average Bonchev–Trinajstić information content (AvgIpc) is 3.05. The summed E-state index contributed by atoms with van der Waals surface area (Å²) in [7, 11) is -3.55. The summed E-state index contributed by atoms with van der Waals surface area (Å²) < 4.78 is 33.0. The molecule has 2 aliphatic rings. The molecule has 1 fully saturated rings. The highest BCUT2D eigenvalue weighted by molar-refractivity contribution is 7.89. The van der Waals surface area contributed by atoms with E-state index in [0.717, 1.165) is 36.9 Å². The highest BCUT2D eigenvalue weighted by atomic mass is 32.2. The molecule has 0 unspecified atom stereocenters. The van der Waals surface area contributed by atoms with E-state index in [9.17, 15) is 13.2 Å². The molecule has 0 aliphatic carbocycles. The Labute approximate surface area is 136 Å². The van der Waals surface area contributed by atoms with Gasteiger partial charge in [-0.25, -0.2) is 13.1 Å². The van der Waals surface area contributed by atoms with Crippen molar-refractivity contribution in [3.63, 3.8) is 0 Å². The van der Waals surface area contributed by atoms with Crippen molar-refractivity contribution in [2.75, 3.05) is 24.6 Å². The van der Waals surface area contributed by atoms with E-state index < -0.39 is 10.0 Å². The Bertz CT molecular complexity index is 696. The van der Waals surface area contributed by atoms with E-state index in [1.807, 2.05) is 0 Å². The second kappa shape index (κ2) is 6.59. The van der Waals surface area contributed by atoms with Crippen LogP contribution in [0, 0.1) is 0 Å². The fourth-order valence-electron chi connectivity index (χ4n) is 3.16. The summed E-state index contributed by atoms with van der Waals surface area (Å²) in [6.45, 7) is 3.22. The lowest BCUT2D eigenvalue weighted by Gasteiger charge is -2.28. The third-order valence-corrected chi connectivity index (χ3v) is 5.81. The number of hydrogen-bond acceptors (Lipinski definition) is 4. The first-order valence-corrected chi connectivity index (χ1v) is 9.48. The molecule has 1 aromatic rings. The zero-order valence-corrected chi connectivity index (χ0v) is 14.1. The number of rotatable bonds is 4. The number of nitrogens with one attached hydrogen (secondary N) is 1. The molecule has 1 aromatic carbocycles. The number of benzene rings is 1. The van der Waals surface area contributed by atoms with Gasteiger partial charge in [-0.15, -0.1) is 0 Å². The van der Waals surface area contributed by atoms with Gasteiger partial charge in [0.05, 0.1) is 11.0 Å². The highest BCUT2D eigenvalue weighted by Gasteiger charge is 2.24. The van der Waals surface area contributed by atoms with Gasteiger partial charge in [0, 0.05) is 32.3 Å². The van der Waals surface area contributed by atoms with Crippen molar-refractivity contribution >= 4 is 21.6 Å². The third kappa shape index (κ3) is 3.57. The summed E-state index contributed by atoms with van der Waals surface area (Å²) in [6.07, 6.45) is 3.47. The van der Waals surface area contributed by atoms with Gasteiger partial charge < -0.3 is 9.64 Å². The molecule has 1 amide bonds. The first kappa shape index (κ1) is 16.4. The lowest BCUT2D eigenvalue weighted by Crippen LogP contribution is -2.34. The number of amides is 1. The molecule has 0 aromatic heterocycles. The normalized spacial score (nSPS) is 21.3. The number of carbonyl (C=O) groups is 1. The molecule has 126 valence electrons. The summed E-state index contributed by atoms with van der Waals surface area (Å²) in [4.78, 5) is 13.6. The van der Waals surface area contributed by atoms with Crippen LogP contribution in [0.25, 0.3) is 0 Å². The fraction of sp³-hybridized carbons (Fsp3) is 0.562. The number of fused-ring (bicyclic) bond motifs is 1. The number of anilines is 1. The molecule has 2 aliphatic heterocycles. The Morgan fingerprint density at radius 3 is 2.91 bits per heavy atom. The molecular weight excluding hydrogens is 316 g/mol. The van der Waals surface area contributed by atoms with Gasteiger partial charge in [-0.3, -0.25) is 4.79 Å².